The zero-order valence-corrected chi connectivity index (χ0v) is 11.7. The molecule has 0 unspecified atom stereocenters. The first kappa shape index (κ1) is 13.9. The number of carbonyl (C=O) groups is 2. The molecule has 2 aromatic heterocycles. The molecule has 2 aromatic rings. The van der Waals surface area contributed by atoms with Gasteiger partial charge in [0.2, 0.25) is 0 Å². The summed E-state index contributed by atoms with van der Waals surface area (Å²) in [6.07, 6.45) is 1.50. The first-order chi connectivity index (χ1) is 9.52. The third kappa shape index (κ3) is 2.75. The second kappa shape index (κ2) is 5.66. The maximum Gasteiger partial charge on any atom is 0.350 e. The van der Waals surface area contributed by atoms with Gasteiger partial charge in [0.15, 0.2) is 5.13 Å². The van der Waals surface area contributed by atoms with Crippen molar-refractivity contribution in [3.8, 4) is 0 Å². The molecule has 0 fully saturated rings. The van der Waals surface area contributed by atoms with Crippen LogP contribution in [0.25, 0.3) is 0 Å². The molecule has 0 radical (unpaired) electrons. The van der Waals surface area contributed by atoms with E-state index in [1.807, 2.05) is 0 Å². The van der Waals surface area contributed by atoms with Crippen molar-refractivity contribution in [2.75, 3.05) is 18.2 Å². The minimum atomic E-state index is -0.485. The molecule has 0 spiro atoms. The fourth-order valence-corrected chi connectivity index (χ4v) is 2.39. The fourth-order valence-electron chi connectivity index (χ4n) is 1.51. The van der Waals surface area contributed by atoms with Gasteiger partial charge in [-0.15, -0.1) is 0 Å². The average molecular weight is 292 g/mol. The van der Waals surface area contributed by atoms with Gasteiger partial charge in [0.1, 0.15) is 10.7 Å². The van der Waals surface area contributed by atoms with Crippen molar-refractivity contribution >= 4 is 34.2 Å². The second-order valence-electron chi connectivity index (χ2n) is 3.82. The number of esters is 1. The van der Waals surface area contributed by atoms with Crippen LogP contribution in [-0.2, 0) is 4.74 Å². The number of nitrogen functional groups attached to an aromatic ring is 1. The summed E-state index contributed by atoms with van der Waals surface area (Å²) in [5.74, 6) is -0.784. The Bertz CT molecular complexity index is 668. The number of amides is 1. The lowest BCUT2D eigenvalue weighted by Gasteiger charge is -2.03. The van der Waals surface area contributed by atoms with Crippen LogP contribution in [-0.4, -0.2) is 29.0 Å². The van der Waals surface area contributed by atoms with Crippen LogP contribution in [0.3, 0.4) is 0 Å². The number of hydrogen-bond acceptors (Lipinski definition) is 7. The lowest BCUT2D eigenvalue weighted by Crippen LogP contribution is -2.14. The van der Waals surface area contributed by atoms with Crippen molar-refractivity contribution in [3.63, 3.8) is 0 Å². The summed E-state index contributed by atoms with van der Waals surface area (Å²) in [5, 5.41) is 2.88. The number of nitrogens with two attached hydrogens (primary N) is 1. The molecule has 7 nitrogen and oxygen atoms in total. The van der Waals surface area contributed by atoms with Gasteiger partial charge in [0.05, 0.1) is 18.4 Å². The molecule has 2 heterocycles. The molecule has 20 heavy (non-hydrogen) atoms. The van der Waals surface area contributed by atoms with Gasteiger partial charge in [-0.25, -0.2) is 14.8 Å². The highest BCUT2D eigenvalue weighted by atomic mass is 32.1. The van der Waals surface area contributed by atoms with E-state index in [9.17, 15) is 9.59 Å². The number of ether oxygens (including phenoxy) is 1. The van der Waals surface area contributed by atoms with E-state index in [2.05, 4.69) is 20.0 Å². The molecule has 0 aliphatic rings. The molecule has 0 bridgehead atoms. The summed E-state index contributed by atoms with van der Waals surface area (Å²) >= 11 is 1.04. The Morgan fingerprint density at radius 1 is 1.45 bits per heavy atom. The number of rotatable bonds is 3. The Balaban J connectivity index is 2.21. The molecule has 0 aromatic carbocycles. The highest BCUT2D eigenvalue weighted by Crippen LogP contribution is 2.24. The van der Waals surface area contributed by atoms with Crippen molar-refractivity contribution in [3.05, 3.63) is 34.5 Å². The number of anilines is 2. The van der Waals surface area contributed by atoms with Crippen LogP contribution in [0.15, 0.2) is 18.3 Å². The van der Waals surface area contributed by atoms with Gasteiger partial charge in [-0.2, -0.15) is 0 Å². The Kier molecular flexibility index (Phi) is 3.94. The van der Waals surface area contributed by atoms with E-state index in [0.717, 1.165) is 11.3 Å². The summed E-state index contributed by atoms with van der Waals surface area (Å²) in [6, 6.07) is 3.16. The Morgan fingerprint density at radius 2 is 2.20 bits per heavy atom. The van der Waals surface area contributed by atoms with Crippen LogP contribution >= 0.6 is 11.3 Å². The zero-order chi connectivity index (χ0) is 14.7. The molecule has 1 amide bonds. The largest absolute Gasteiger partial charge is 0.465 e. The highest BCUT2D eigenvalue weighted by molar-refractivity contribution is 7.17. The topological polar surface area (TPSA) is 107 Å². The quantitative estimate of drug-likeness (QED) is 0.829. The maximum absolute atomic E-state index is 12.0. The predicted molar refractivity (Wildman–Crippen MR) is 74.8 cm³/mol. The summed E-state index contributed by atoms with van der Waals surface area (Å²) in [5.41, 5.74) is 6.36. The standard InChI is InChI=1S/C12H12N4O3S/c1-6-8(11(18)19-2)20-12(15-6)16-10(17)7-4-3-5-14-9(7)13/h3-5H,1-2H3,(H2,13,14)(H,15,16,17). The number of methoxy groups -OCH3 is 1. The monoisotopic (exact) mass is 292 g/mol. The molecule has 0 aliphatic heterocycles. The number of thiazole rings is 1. The van der Waals surface area contributed by atoms with Crippen LogP contribution in [0.2, 0.25) is 0 Å². The number of pyridine rings is 1. The molecule has 0 atom stereocenters. The van der Waals surface area contributed by atoms with Crippen LogP contribution in [0.4, 0.5) is 10.9 Å². The van der Waals surface area contributed by atoms with E-state index in [0.29, 0.717) is 15.7 Å². The number of hydrogen-bond donors (Lipinski definition) is 2. The van der Waals surface area contributed by atoms with E-state index >= 15 is 0 Å². The van der Waals surface area contributed by atoms with Gasteiger partial charge in [0, 0.05) is 6.20 Å². The molecule has 0 aliphatic carbocycles. The molecule has 3 N–H and O–H groups in total. The third-order valence-corrected chi connectivity index (χ3v) is 3.52. The summed E-state index contributed by atoms with van der Waals surface area (Å²) in [7, 11) is 1.29. The van der Waals surface area contributed by atoms with Crippen molar-refractivity contribution in [2.24, 2.45) is 0 Å². The van der Waals surface area contributed by atoms with Crippen molar-refractivity contribution in [1.29, 1.82) is 0 Å². The van der Waals surface area contributed by atoms with Crippen LogP contribution in [0, 0.1) is 6.92 Å². The van der Waals surface area contributed by atoms with Gasteiger partial charge in [-0.3, -0.25) is 10.1 Å². The zero-order valence-electron chi connectivity index (χ0n) is 10.8. The number of aromatic nitrogens is 2. The molecule has 104 valence electrons. The number of nitrogens with zero attached hydrogens (tertiary/aromatic N) is 2. The molecule has 8 heteroatoms. The van der Waals surface area contributed by atoms with Crippen molar-refractivity contribution < 1.29 is 14.3 Å². The molecule has 0 saturated heterocycles. The predicted octanol–water partition coefficient (Wildman–Crippen LogP) is 1.47. The molecule has 0 saturated carbocycles. The number of aryl methyl sites for hydroxylation is 1. The van der Waals surface area contributed by atoms with E-state index in [4.69, 9.17) is 5.73 Å². The molecular formula is C12H12N4O3S. The van der Waals surface area contributed by atoms with E-state index in [1.54, 1.807) is 19.1 Å². The smallest absolute Gasteiger partial charge is 0.350 e. The second-order valence-corrected chi connectivity index (χ2v) is 4.81. The normalized spacial score (nSPS) is 10.1. The third-order valence-electron chi connectivity index (χ3n) is 2.47. The first-order valence-corrected chi connectivity index (χ1v) is 6.42. The fraction of sp³-hybridized carbons (Fsp3) is 0.167. The van der Waals surface area contributed by atoms with Crippen LogP contribution in [0.1, 0.15) is 25.7 Å². The van der Waals surface area contributed by atoms with Gasteiger partial charge < -0.3 is 10.5 Å². The Labute approximate surface area is 118 Å². The molecular weight excluding hydrogens is 280 g/mol. The minimum Gasteiger partial charge on any atom is -0.465 e. The van der Waals surface area contributed by atoms with Crippen molar-refractivity contribution in [1.82, 2.24) is 9.97 Å². The SMILES string of the molecule is COC(=O)c1sc(NC(=O)c2cccnc2N)nc1C. The highest BCUT2D eigenvalue weighted by Gasteiger charge is 2.18. The summed E-state index contributed by atoms with van der Waals surface area (Å²) < 4.78 is 4.63. The van der Waals surface area contributed by atoms with Gasteiger partial charge in [-0.05, 0) is 19.1 Å². The summed E-state index contributed by atoms with van der Waals surface area (Å²) in [6.45, 7) is 1.66. The Morgan fingerprint density at radius 3 is 2.85 bits per heavy atom. The van der Waals surface area contributed by atoms with E-state index < -0.39 is 11.9 Å². The lowest BCUT2D eigenvalue weighted by atomic mass is 10.2. The minimum absolute atomic E-state index is 0.131. The van der Waals surface area contributed by atoms with Gasteiger partial charge in [0.25, 0.3) is 5.91 Å². The van der Waals surface area contributed by atoms with Crippen molar-refractivity contribution in [2.45, 2.75) is 6.92 Å². The molecule has 2 rings (SSSR count). The summed E-state index contributed by atoms with van der Waals surface area (Å²) in [4.78, 5) is 31.8. The van der Waals surface area contributed by atoms with Gasteiger partial charge in [-0.1, -0.05) is 11.3 Å². The van der Waals surface area contributed by atoms with E-state index in [1.165, 1.54) is 13.3 Å². The average Bonchev–Trinajstić information content (AvgIpc) is 2.79. The first-order valence-electron chi connectivity index (χ1n) is 5.60. The number of carbonyl (C=O) groups excluding carboxylic acids is 2. The van der Waals surface area contributed by atoms with Crippen LogP contribution in [0.5, 0.6) is 0 Å². The van der Waals surface area contributed by atoms with Crippen LogP contribution < -0.4 is 11.1 Å². The Hall–Kier alpha value is -2.48. The van der Waals surface area contributed by atoms with E-state index in [-0.39, 0.29) is 11.4 Å². The maximum atomic E-state index is 12.0. The lowest BCUT2D eigenvalue weighted by molar-refractivity contribution is 0.0605. The van der Waals surface area contributed by atoms with Gasteiger partial charge >= 0.3 is 5.97 Å². The number of nitrogens with one attached hydrogen (secondary N) is 1.